The van der Waals surface area contributed by atoms with Crippen LogP contribution >= 0.6 is 0 Å². The van der Waals surface area contributed by atoms with Crippen molar-refractivity contribution in [2.75, 3.05) is 6.54 Å². The van der Waals surface area contributed by atoms with Crippen LogP contribution in [0, 0.1) is 6.92 Å². The fourth-order valence-electron chi connectivity index (χ4n) is 2.80. The first-order valence-corrected chi connectivity index (χ1v) is 7.89. The van der Waals surface area contributed by atoms with Gasteiger partial charge in [0.1, 0.15) is 11.6 Å². The zero-order valence-electron chi connectivity index (χ0n) is 14.2. The van der Waals surface area contributed by atoms with Crippen LogP contribution in [0.2, 0.25) is 0 Å². The number of imidazole rings is 1. The largest absolute Gasteiger partial charge is 0.334 e. The minimum atomic E-state index is 0.0123. The third-order valence-electron chi connectivity index (χ3n) is 4.39. The molecule has 2 aromatic heterocycles. The van der Waals surface area contributed by atoms with Gasteiger partial charge in [-0.3, -0.25) is 4.90 Å². The molecule has 0 aromatic carbocycles. The maximum atomic E-state index is 4.79. The van der Waals surface area contributed by atoms with Crippen LogP contribution in [0.3, 0.4) is 0 Å². The first-order valence-electron chi connectivity index (χ1n) is 7.89. The molecule has 0 spiro atoms. The summed E-state index contributed by atoms with van der Waals surface area (Å²) >= 11 is 0. The number of fused-ring (bicyclic) bond motifs is 1. The third-order valence-corrected chi connectivity index (χ3v) is 4.39. The maximum absolute atomic E-state index is 4.79. The molecule has 3 heterocycles. The lowest BCUT2D eigenvalue weighted by molar-refractivity contribution is 0.237. The third kappa shape index (κ3) is 2.90. The number of aryl methyl sites for hydroxylation is 1. The van der Waals surface area contributed by atoms with Gasteiger partial charge in [0.15, 0.2) is 0 Å². The number of nitrogens with zero attached hydrogens (tertiary/aromatic N) is 5. The molecule has 5 heteroatoms. The Labute approximate surface area is 132 Å². The van der Waals surface area contributed by atoms with E-state index in [4.69, 9.17) is 4.98 Å². The Bertz CT molecular complexity index is 681. The van der Waals surface area contributed by atoms with Crippen molar-refractivity contribution in [3.8, 4) is 0 Å². The lowest BCUT2D eigenvalue weighted by atomic mass is 9.95. The molecule has 0 N–H and O–H groups in total. The second kappa shape index (κ2) is 5.47. The monoisotopic (exact) mass is 299 g/mol. The summed E-state index contributed by atoms with van der Waals surface area (Å²) < 4.78 is 2.16. The second-order valence-electron chi connectivity index (χ2n) is 7.23. The molecule has 1 aliphatic rings. The van der Waals surface area contributed by atoms with Gasteiger partial charge in [-0.1, -0.05) is 20.8 Å². The molecule has 0 saturated heterocycles. The van der Waals surface area contributed by atoms with Gasteiger partial charge in [0, 0.05) is 62.2 Å². The molecule has 118 valence electrons. The summed E-state index contributed by atoms with van der Waals surface area (Å²) in [7, 11) is 2.08. The Morgan fingerprint density at radius 2 is 1.95 bits per heavy atom. The van der Waals surface area contributed by atoms with E-state index in [0.29, 0.717) is 0 Å². The highest BCUT2D eigenvalue weighted by Gasteiger charge is 2.23. The topological polar surface area (TPSA) is 46.8 Å². The summed E-state index contributed by atoms with van der Waals surface area (Å²) in [6.07, 6.45) is 4.99. The molecule has 3 rings (SSSR count). The average molecular weight is 299 g/mol. The number of hydrogen-bond acceptors (Lipinski definition) is 4. The molecule has 0 atom stereocenters. The van der Waals surface area contributed by atoms with Crippen LogP contribution in [0.1, 0.15) is 49.4 Å². The van der Waals surface area contributed by atoms with Crippen LogP contribution in [0.25, 0.3) is 0 Å². The van der Waals surface area contributed by atoms with E-state index in [2.05, 4.69) is 47.3 Å². The Morgan fingerprint density at radius 1 is 1.18 bits per heavy atom. The number of rotatable bonds is 2. The van der Waals surface area contributed by atoms with Gasteiger partial charge in [-0.15, -0.1) is 0 Å². The number of hydrogen-bond donors (Lipinski definition) is 0. The van der Waals surface area contributed by atoms with E-state index in [1.54, 1.807) is 0 Å². The van der Waals surface area contributed by atoms with Crippen molar-refractivity contribution in [3.63, 3.8) is 0 Å². The van der Waals surface area contributed by atoms with Gasteiger partial charge in [-0.25, -0.2) is 15.0 Å². The average Bonchev–Trinajstić information content (AvgIpc) is 2.78. The highest BCUT2D eigenvalue weighted by Crippen LogP contribution is 2.23. The van der Waals surface area contributed by atoms with E-state index >= 15 is 0 Å². The van der Waals surface area contributed by atoms with Gasteiger partial charge in [0.25, 0.3) is 0 Å². The Balaban J connectivity index is 1.76. The second-order valence-corrected chi connectivity index (χ2v) is 7.23. The molecule has 22 heavy (non-hydrogen) atoms. The van der Waals surface area contributed by atoms with Crippen LogP contribution < -0.4 is 0 Å². The van der Waals surface area contributed by atoms with Gasteiger partial charge in [0.05, 0.1) is 5.69 Å². The van der Waals surface area contributed by atoms with E-state index in [0.717, 1.165) is 37.7 Å². The highest BCUT2D eigenvalue weighted by atomic mass is 15.2. The zero-order chi connectivity index (χ0) is 15.9. The van der Waals surface area contributed by atoms with Crippen LogP contribution in [0.5, 0.6) is 0 Å². The molecule has 2 aromatic rings. The van der Waals surface area contributed by atoms with Crippen LogP contribution in [-0.2, 0) is 32.0 Å². The Hall–Kier alpha value is -1.75. The van der Waals surface area contributed by atoms with Crippen molar-refractivity contribution in [1.29, 1.82) is 0 Å². The summed E-state index contributed by atoms with van der Waals surface area (Å²) in [5.74, 6) is 2.01. The summed E-state index contributed by atoms with van der Waals surface area (Å²) in [4.78, 5) is 16.2. The van der Waals surface area contributed by atoms with Crippen molar-refractivity contribution in [1.82, 2.24) is 24.4 Å². The minimum Gasteiger partial charge on any atom is -0.334 e. The highest BCUT2D eigenvalue weighted by molar-refractivity contribution is 5.22. The molecule has 0 unspecified atom stereocenters. The summed E-state index contributed by atoms with van der Waals surface area (Å²) in [6, 6.07) is 0. The maximum Gasteiger partial charge on any atom is 0.133 e. The SMILES string of the molecule is Cc1ncc(CN2CCc3nc(C(C)(C)C)ncc3C2)n1C. The summed E-state index contributed by atoms with van der Waals surface area (Å²) in [5.41, 5.74) is 3.75. The van der Waals surface area contributed by atoms with Gasteiger partial charge in [-0.2, -0.15) is 0 Å². The first-order chi connectivity index (χ1) is 10.3. The molecule has 0 bridgehead atoms. The smallest absolute Gasteiger partial charge is 0.133 e. The van der Waals surface area contributed by atoms with Crippen molar-refractivity contribution in [3.05, 3.63) is 41.0 Å². The van der Waals surface area contributed by atoms with Crippen LogP contribution in [0.4, 0.5) is 0 Å². The summed E-state index contributed by atoms with van der Waals surface area (Å²) in [6.45, 7) is 11.4. The van der Waals surface area contributed by atoms with Gasteiger partial charge in [0.2, 0.25) is 0 Å². The lowest BCUT2D eigenvalue weighted by Crippen LogP contribution is -2.32. The van der Waals surface area contributed by atoms with Crippen molar-refractivity contribution in [2.24, 2.45) is 7.05 Å². The Kier molecular flexibility index (Phi) is 3.77. The molecule has 0 saturated carbocycles. The van der Waals surface area contributed by atoms with Gasteiger partial charge < -0.3 is 4.57 Å². The molecule has 0 aliphatic carbocycles. The zero-order valence-corrected chi connectivity index (χ0v) is 14.2. The fourth-order valence-corrected chi connectivity index (χ4v) is 2.80. The lowest BCUT2D eigenvalue weighted by Gasteiger charge is -2.29. The van der Waals surface area contributed by atoms with E-state index < -0.39 is 0 Å². The van der Waals surface area contributed by atoms with Crippen molar-refractivity contribution in [2.45, 2.75) is 52.6 Å². The van der Waals surface area contributed by atoms with Crippen molar-refractivity contribution >= 4 is 0 Å². The van der Waals surface area contributed by atoms with E-state index in [-0.39, 0.29) is 5.41 Å². The van der Waals surface area contributed by atoms with Gasteiger partial charge >= 0.3 is 0 Å². The fraction of sp³-hybridized carbons (Fsp3) is 0.588. The van der Waals surface area contributed by atoms with Crippen molar-refractivity contribution < 1.29 is 0 Å². The molecule has 0 radical (unpaired) electrons. The molecular weight excluding hydrogens is 274 g/mol. The minimum absolute atomic E-state index is 0.0123. The summed E-state index contributed by atoms with van der Waals surface area (Å²) in [5, 5.41) is 0. The first kappa shape index (κ1) is 15.2. The van der Waals surface area contributed by atoms with E-state index in [1.165, 1.54) is 17.0 Å². The van der Waals surface area contributed by atoms with E-state index in [1.807, 2.05) is 19.3 Å². The molecular formula is C17H25N5. The predicted octanol–water partition coefficient (Wildman–Crippen LogP) is 2.37. The molecule has 0 amide bonds. The normalized spacial score (nSPS) is 15.9. The molecule has 1 aliphatic heterocycles. The molecule has 5 nitrogen and oxygen atoms in total. The molecule has 0 fully saturated rings. The Morgan fingerprint density at radius 3 is 2.59 bits per heavy atom. The number of aromatic nitrogens is 4. The van der Waals surface area contributed by atoms with E-state index in [9.17, 15) is 0 Å². The quantitative estimate of drug-likeness (QED) is 0.854. The van der Waals surface area contributed by atoms with Crippen LogP contribution in [-0.4, -0.2) is 31.0 Å². The van der Waals surface area contributed by atoms with Gasteiger partial charge in [-0.05, 0) is 6.92 Å². The standard InChI is InChI=1S/C17H25N5/c1-12-18-9-14(21(12)5)11-22-7-6-15-13(10-22)8-19-16(20-15)17(2,3)4/h8-9H,6-7,10-11H2,1-5H3. The predicted molar refractivity (Wildman–Crippen MR) is 86.5 cm³/mol. The van der Waals surface area contributed by atoms with Crippen LogP contribution in [0.15, 0.2) is 12.4 Å².